The third-order valence-electron chi connectivity index (χ3n) is 7.97. The molecule has 0 saturated carbocycles. The van der Waals surface area contributed by atoms with Crippen molar-refractivity contribution < 1.29 is 4.79 Å². The van der Waals surface area contributed by atoms with E-state index in [0.717, 1.165) is 60.1 Å². The number of aryl methyl sites for hydroxylation is 1. The van der Waals surface area contributed by atoms with E-state index in [1.54, 1.807) is 12.4 Å². The van der Waals surface area contributed by atoms with Crippen LogP contribution in [-0.4, -0.2) is 72.8 Å². The average Bonchev–Trinajstić information content (AvgIpc) is 3.60. The van der Waals surface area contributed by atoms with E-state index >= 15 is 0 Å². The van der Waals surface area contributed by atoms with E-state index in [9.17, 15) is 4.79 Å². The number of aromatic nitrogens is 2. The van der Waals surface area contributed by atoms with Gasteiger partial charge in [-0.15, -0.1) is 0 Å². The van der Waals surface area contributed by atoms with Crippen molar-refractivity contribution in [2.24, 2.45) is 4.99 Å². The molecule has 2 aliphatic rings. The zero-order chi connectivity index (χ0) is 33.4. The van der Waals surface area contributed by atoms with Gasteiger partial charge in [0.15, 0.2) is 0 Å². The molecule has 9 heteroatoms. The highest BCUT2D eigenvalue weighted by atomic mass is 35.5. The summed E-state index contributed by atoms with van der Waals surface area (Å²) >= 11 is 6.36. The van der Waals surface area contributed by atoms with Crippen LogP contribution in [0.25, 0.3) is 5.57 Å². The Morgan fingerprint density at radius 2 is 1.62 bits per heavy atom. The number of hydrogen-bond acceptors (Lipinski definition) is 7. The average molecular weight is 636 g/mol. The van der Waals surface area contributed by atoms with Crippen molar-refractivity contribution in [1.82, 2.24) is 20.2 Å². The molecule has 2 saturated heterocycles. The second-order valence-corrected chi connectivity index (χ2v) is 11.7. The van der Waals surface area contributed by atoms with Crippen LogP contribution in [0.3, 0.4) is 0 Å². The van der Waals surface area contributed by atoms with Crippen molar-refractivity contribution in [3.63, 3.8) is 0 Å². The number of hydrogen-bond donors (Lipinski definition) is 1. The topological polar surface area (TPSA) is 77.0 Å². The van der Waals surface area contributed by atoms with Gasteiger partial charge in [-0.05, 0) is 95.7 Å². The molecule has 8 nitrogen and oxygen atoms in total. The quantitative estimate of drug-likeness (QED) is 0.300. The number of pyridine rings is 2. The maximum atomic E-state index is 12.8. The molecule has 2 aromatic rings. The lowest BCUT2D eigenvalue weighted by Gasteiger charge is -2.37. The Hall–Kier alpha value is -3.65. The van der Waals surface area contributed by atoms with Crippen LogP contribution in [0, 0.1) is 6.92 Å². The van der Waals surface area contributed by atoms with Gasteiger partial charge in [-0.25, -0.2) is 4.98 Å². The number of carbonyl (C=O) groups excluding carboxylic acids is 1. The van der Waals surface area contributed by atoms with Crippen LogP contribution in [0.4, 0.5) is 11.5 Å². The highest BCUT2D eigenvalue weighted by Gasteiger charge is 2.23. The largest absolute Gasteiger partial charge is 0.380 e. The van der Waals surface area contributed by atoms with Crippen molar-refractivity contribution >= 4 is 40.8 Å². The molecular weight excluding hydrogens is 582 g/mol. The Kier molecular flexibility index (Phi) is 16.4. The summed E-state index contributed by atoms with van der Waals surface area (Å²) in [6.45, 7) is 23.6. The number of amides is 1. The van der Waals surface area contributed by atoms with Crippen molar-refractivity contribution in [1.29, 1.82) is 0 Å². The number of rotatable bonds is 8. The SMILES string of the molecule is C/C(NCC(=O)N1CCN(c2c(C)cncc2Cl)CC1)=C(\C)c1ccc(N2CCCC2)nc1.C/C=C\N=CC(C)=C(C)C.CC. The van der Waals surface area contributed by atoms with E-state index in [1.165, 1.54) is 24.0 Å². The summed E-state index contributed by atoms with van der Waals surface area (Å²) in [4.78, 5) is 32.1. The number of anilines is 2. The summed E-state index contributed by atoms with van der Waals surface area (Å²) in [6, 6.07) is 4.22. The first-order chi connectivity index (χ1) is 21.6. The minimum absolute atomic E-state index is 0.113. The first kappa shape index (κ1) is 37.5. The van der Waals surface area contributed by atoms with Gasteiger partial charge in [0, 0.05) is 76.0 Å². The van der Waals surface area contributed by atoms with E-state index in [1.807, 2.05) is 64.2 Å². The summed E-state index contributed by atoms with van der Waals surface area (Å²) in [7, 11) is 0. The normalized spacial score (nSPS) is 15.3. The first-order valence-electron chi connectivity index (χ1n) is 16.2. The summed E-state index contributed by atoms with van der Waals surface area (Å²) in [5.74, 6) is 1.16. The van der Waals surface area contributed by atoms with Crippen LogP contribution in [0.2, 0.25) is 5.02 Å². The van der Waals surface area contributed by atoms with Crippen molar-refractivity contribution in [2.45, 2.75) is 75.2 Å². The molecule has 2 fully saturated rings. The molecular formula is C36H54ClN7O. The Balaban J connectivity index is 0.000000503. The van der Waals surface area contributed by atoms with Crippen LogP contribution in [0.15, 0.2) is 64.8 Å². The van der Waals surface area contributed by atoms with Crippen LogP contribution >= 0.6 is 11.6 Å². The summed E-state index contributed by atoms with van der Waals surface area (Å²) in [5.41, 5.74) is 7.81. The van der Waals surface area contributed by atoms with Gasteiger partial charge < -0.3 is 20.0 Å². The maximum Gasteiger partial charge on any atom is 0.241 e. The number of nitrogens with zero attached hydrogens (tertiary/aromatic N) is 6. The van der Waals surface area contributed by atoms with E-state index in [2.05, 4.69) is 69.9 Å². The molecule has 45 heavy (non-hydrogen) atoms. The zero-order valence-corrected chi connectivity index (χ0v) is 29.7. The molecule has 0 bridgehead atoms. The fourth-order valence-electron chi connectivity index (χ4n) is 4.89. The third kappa shape index (κ3) is 11.7. The Bertz CT molecular complexity index is 1310. The molecule has 0 unspecified atom stereocenters. The van der Waals surface area contributed by atoms with Crippen LogP contribution in [0.1, 0.15) is 79.4 Å². The van der Waals surface area contributed by atoms with Gasteiger partial charge in [-0.1, -0.05) is 37.1 Å². The van der Waals surface area contributed by atoms with Crippen molar-refractivity contribution in [2.75, 3.05) is 55.6 Å². The molecule has 2 aliphatic heterocycles. The lowest BCUT2D eigenvalue weighted by atomic mass is 10.1. The number of aliphatic imine (C=N–C) groups is 1. The fourth-order valence-corrected chi connectivity index (χ4v) is 5.21. The standard InChI is InChI=1S/C25H33ClN6O.C9H15N.C2H6/c1-18-14-27-16-22(26)25(18)32-12-10-31(11-13-32)24(33)17-28-20(3)19(2)21-6-7-23(29-15-21)30-8-4-5-9-30;1-5-6-10-7-9(4)8(2)3;1-2/h6-7,14-16,28H,4-5,8-13,17H2,1-3H3;5-7H,1-4H3;1-2H3/b20-19-;6-5-,10-7?;. The summed E-state index contributed by atoms with van der Waals surface area (Å²) < 4.78 is 0. The number of carbonyl (C=O) groups is 1. The Labute approximate surface area is 277 Å². The zero-order valence-electron chi connectivity index (χ0n) is 29.0. The van der Waals surface area contributed by atoms with Crippen LogP contribution in [0.5, 0.6) is 0 Å². The first-order valence-corrected chi connectivity index (χ1v) is 16.5. The van der Waals surface area contributed by atoms with Gasteiger partial charge in [0.1, 0.15) is 5.82 Å². The molecule has 0 atom stereocenters. The molecule has 1 amide bonds. The minimum Gasteiger partial charge on any atom is -0.380 e. The monoisotopic (exact) mass is 635 g/mol. The molecule has 0 radical (unpaired) electrons. The number of nitrogens with one attached hydrogen (secondary N) is 1. The van der Waals surface area contributed by atoms with E-state index in [0.29, 0.717) is 18.1 Å². The van der Waals surface area contributed by atoms with E-state index in [4.69, 9.17) is 11.6 Å². The highest BCUT2D eigenvalue weighted by molar-refractivity contribution is 6.33. The second kappa shape index (κ2) is 19.7. The van der Waals surface area contributed by atoms with E-state index in [-0.39, 0.29) is 12.5 Å². The van der Waals surface area contributed by atoms with Gasteiger partial charge in [0.25, 0.3) is 0 Å². The fraction of sp³-hybridized carbons (Fsp3) is 0.500. The summed E-state index contributed by atoms with van der Waals surface area (Å²) in [6.07, 6.45) is 13.5. The molecule has 246 valence electrons. The van der Waals surface area contributed by atoms with Crippen LogP contribution < -0.4 is 15.1 Å². The number of halogens is 1. The smallest absolute Gasteiger partial charge is 0.241 e. The van der Waals surface area contributed by atoms with Gasteiger partial charge in [-0.3, -0.25) is 14.8 Å². The van der Waals surface area contributed by atoms with Gasteiger partial charge in [-0.2, -0.15) is 0 Å². The molecule has 0 spiro atoms. The highest BCUT2D eigenvalue weighted by Crippen LogP contribution is 2.29. The predicted molar refractivity (Wildman–Crippen MR) is 193 cm³/mol. The third-order valence-corrected chi connectivity index (χ3v) is 8.25. The van der Waals surface area contributed by atoms with Crippen molar-refractivity contribution in [3.8, 4) is 0 Å². The molecule has 1 N–H and O–H groups in total. The molecule has 0 aliphatic carbocycles. The van der Waals surface area contributed by atoms with Gasteiger partial charge in [0.05, 0.1) is 17.3 Å². The summed E-state index contributed by atoms with van der Waals surface area (Å²) in [5, 5.41) is 3.98. The van der Waals surface area contributed by atoms with Gasteiger partial charge in [0.2, 0.25) is 5.91 Å². The number of allylic oxidation sites excluding steroid dienone is 5. The Morgan fingerprint density at radius 3 is 2.18 bits per heavy atom. The second-order valence-electron chi connectivity index (χ2n) is 11.3. The van der Waals surface area contributed by atoms with Crippen LogP contribution in [-0.2, 0) is 4.79 Å². The predicted octanol–water partition coefficient (Wildman–Crippen LogP) is 7.70. The minimum atomic E-state index is 0.113. The molecule has 4 rings (SSSR count). The molecule has 4 heterocycles. The molecule has 2 aromatic heterocycles. The van der Waals surface area contributed by atoms with Gasteiger partial charge >= 0.3 is 0 Å². The van der Waals surface area contributed by atoms with E-state index < -0.39 is 0 Å². The number of piperazine rings is 1. The van der Waals surface area contributed by atoms with Crippen molar-refractivity contribution in [3.05, 3.63) is 76.0 Å². The molecule has 0 aromatic carbocycles. The maximum absolute atomic E-state index is 12.8. The lowest BCUT2D eigenvalue weighted by Crippen LogP contribution is -2.51. The Morgan fingerprint density at radius 1 is 0.956 bits per heavy atom. The lowest BCUT2D eigenvalue weighted by molar-refractivity contribution is -0.130.